The van der Waals surface area contributed by atoms with Crippen molar-refractivity contribution in [2.24, 2.45) is 5.92 Å². The molecule has 2 unspecified atom stereocenters. The van der Waals surface area contributed by atoms with E-state index < -0.39 is 5.97 Å². The largest absolute Gasteiger partial charge is 0.481 e. The van der Waals surface area contributed by atoms with E-state index in [-0.39, 0.29) is 12.0 Å². The van der Waals surface area contributed by atoms with Crippen molar-refractivity contribution in [3.05, 3.63) is 18.5 Å². The third-order valence-corrected chi connectivity index (χ3v) is 2.65. The van der Waals surface area contributed by atoms with Gasteiger partial charge in [0.2, 0.25) is 0 Å². The molecular formula is C9H12N2O2. The molecule has 0 amide bonds. The molecule has 0 radical (unpaired) electrons. The monoisotopic (exact) mass is 180 g/mol. The van der Waals surface area contributed by atoms with Crippen molar-refractivity contribution in [1.82, 2.24) is 9.78 Å². The van der Waals surface area contributed by atoms with E-state index in [2.05, 4.69) is 5.10 Å². The van der Waals surface area contributed by atoms with Crippen LogP contribution in [0.2, 0.25) is 0 Å². The van der Waals surface area contributed by atoms with Crippen LogP contribution in [0.5, 0.6) is 0 Å². The molecule has 1 fully saturated rings. The smallest absolute Gasteiger partial charge is 0.306 e. The van der Waals surface area contributed by atoms with E-state index in [0.29, 0.717) is 0 Å². The summed E-state index contributed by atoms with van der Waals surface area (Å²) >= 11 is 0. The molecule has 0 aliphatic heterocycles. The highest BCUT2D eigenvalue weighted by Crippen LogP contribution is 2.33. The van der Waals surface area contributed by atoms with E-state index in [1.54, 1.807) is 6.20 Å². The highest BCUT2D eigenvalue weighted by atomic mass is 16.4. The second-order valence-corrected chi connectivity index (χ2v) is 3.49. The quantitative estimate of drug-likeness (QED) is 0.746. The van der Waals surface area contributed by atoms with Crippen LogP contribution in [0.4, 0.5) is 0 Å². The third kappa shape index (κ3) is 1.56. The Morgan fingerprint density at radius 2 is 2.38 bits per heavy atom. The minimum Gasteiger partial charge on any atom is -0.481 e. The van der Waals surface area contributed by atoms with Crippen LogP contribution in [0.3, 0.4) is 0 Å². The van der Waals surface area contributed by atoms with Crippen LogP contribution in [0.25, 0.3) is 0 Å². The molecule has 2 atom stereocenters. The molecule has 1 saturated carbocycles. The van der Waals surface area contributed by atoms with E-state index >= 15 is 0 Å². The van der Waals surface area contributed by atoms with Crippen molar-refractivity contribution >= 4 is 5.97 Å². The fourth-order valence-corrected chi connectivity index (χ4v) is 1.92. The topological polar surface area (TPSA) is 55.1 Å². The number of aromatic nitrogens is 2. The lowest BCUT2D eigenvalue weighted by Crippen LogP contribution is -2.11. The lowest BCUT2D eigenvalue weighted by molar-refractivity contribution is -0.141. The standard InChI is InChI=1S/C9H12N2O2/c12-9(13)7-2-3-8(6-7)11-5-1-4-10-11/h1,4-5,7-8H,2-3,6H2,(H,12,13). The third-order valence-electron chi connectivity index (χ3n) is 2.65. The molecule has 0 spiro atoms. The first-order valence-electron chi connectivity index (χ1n) is 4.49. The summed E-state index contributed by atoms with van der Waals surface area (Å²) in [6.45, 7) is 0. The molecule has 0 aromatic carbocycles. The summed E-state index contributed by atoms with van der Waals surface area (Å²) in [4.78, 5) is 10.7. The van der Waals surface area contributed by atoms with Gasteiger partial charge in [0.15, 0.2) is 0 Å². The van der Waals surface area contributed by atoms with Gasteiger partial charge < -0.3 is 5.11 Å². The highest BCUT2D eigenvalue weighted by Gasteiger charge is 2.30. The van der Waals surface area contributed by atoms with Gasteiger partial charge in [0.1, 0.15) is 0 Å². The Morgan fingerprint density at radius 1 is 1.54 bits per heavy atom. The van der Waals surface area contributed by atoms with Gasteiger partial charge in [-0.2, -0.15) is 5.10 Å². The number of rotatable bonds is 2. The van der Waals surface area contributed by atoms with Gasteiger partial charge in [-0.3, -0.25) is 9.48 Å². The van der Waals surface area contributed by atoms with Crippen molar-refractivity contribution < 1.29 is 9.90 Å². The lowest BCUT2D eigenvalue weighted by Gasteiger charge is -2.09. The van der Waals surface area contributed by atoms with E-state index in [9.17, 15) is 4.79 Å². The molecule has 4 heteroatoms. The van der Waals surface area contributed by atoms with Crippen LogP contribution in [0.1, 0.15) is 25.3 Å². The highest BCUT2D eigenvalue weighted by molar-refractivity contribution is 5.70. The maximum Gasteiger partial charge on any atom is 0.306 e. The van der Waals surface area contributed by atoms with Crippen LogP contribution < -0.4 is 0 Å². The Morgan fingerprint density at radius 3 is 2.92 bits per heavy atom. The average Bonchev–Trinajstić information content (AvgIpc) is 2.75. The molecule has 70 valence electrons. The molecule has 0 saturated heterocycles. The summed E-state index contributed by atoms with van der Waals surface area (Å²) in [6, 6.07) is 2.16. The summed E-state index contributed by atoms with van der Waals surface area (Å²) in [5, 5.41) is 12.9. The van der Waals surface area contributed by atoms with Gasteiger partial charge in [-0.05, 0) is 25.3 Å². The van der Waals surface area contributed by atoms with Gasteiger partial charge in [0.25, 0.3) is 0 Å². The number of carbonyl (C=O) groups is 1. The van der Waals surface area contributed by atoms with Crippen molar-refractivity contribution in [3.63, 3.8) is 0 Å². The number of aliphatic carboxylic acids is 1. The predicted molar refractivity (Wildman–Crippen MR) is 46.2 cm³/mol. The molecule has 1 aliphatic rings. The predicted octanol–water partition coefficient (Wildman–Crippen LogP) is 1.31. The lowest BCUT2D eigenvalue weighted by atomic mass is 10.1. The second kappa shape index (κ2) is 3.20. The summed E-state index contributed by atoms with van der Waals surface area (Å²) < 4.78 is 1.86. The van der Waals surface area contributed by atoms with Crippen molar-refractivity contribution in [1.29, 1.82) is 0 Å². The normalized spacial score (nSPS) is 27.7. The van der Waals surface area contributed by atoms with E-state index in [0.717, 1.165) is 19.3 Å². The molecule has 1 aliphatic carbocycles. The zero-order valence-corrected chi connectivity index (χ0v) is 7.26. The second-order valence-electron chi connectivity index (χ2n) is 3.49. The average molecular weight is 180 g/mol. The number of carboxylic acids is 1. The summed E-state index contributed by atoms with van der Waals surface area (Å²) in [5.41, 5.74) is 0. The summed E-state index contributed by atoms with van der Waals surface area (Å²) in [5.74, 6) is -0.844. The van der Waals surface area contributed by atoms with Crippen LogP contribution in [-0.4, -0.2) is 20.9 Å². The zero-order chi connectivity index (χ0) is 9.26. The Labute approximate surface area is 76.2 Å². The minimum atomic E-state index is -0.672. The fraction of sp³-hybridized carbons (Fsp3) is 0.556. The maximum atomic E-state index is 10.7. The maximum absolute atomic E-state index is 10.7. The van der Waals surface area contributed by atoms with Gasteiger partial charge in [0.05, 0.1) is 12.0 Å². The zero-order valence-electron chi connectivity index (χ0n) is 7.26. The molecule has 0 bridgehead atoms. The SMILES string of the molecule is O=C(O)C1CCC(n2cccn2)C1. The fourth-order valence-electron chi connectivity index (χ4n) is 1.92. The Balaban J connectivity index is 2.03. The first kappa shape index (κ1) is 8.29. The van der Waals surface area contributed by atoms with Gasteiger partial charge in [-0.25, -0.2) is 0 Å². The van der Waals surface area contributed by atoms with E-state index in [4.69, 9.17) is 5.11 Å². The van der Waals surface area contributed by atoms with Crippen molar-refractivity contribution in [3.8, 4) is 0 Å². The molecule has 1 aromatic heterocycles. The van der Waals surface area contributed by atoms with Crippen LogP contribution in [-0.2, 0) is 4.79 Å². The number of nitrogens with zero attached hydrogens (tertiary/aromatic N) is 2. The van der Waals surface area contributed by atoms with Gasteiger partial charge >= 0.3 is 5.97 Å². The molecule has 4 nitrogen and oxygen atoms in total. The molecule has 1 aromatic rings. The molecule has 1 heterocycles. The van der Waals surface area contributed by atoms with Crippen molar-refractivity contribution in [2.75, 3.05) is 0 Å². The first-order chi connectivity index (χ1) is 6.27. The molecule has 13 heavy (non-hydrogen) atoms. The van der Waals surface area contributed by atoms with E-state index in [1.807, 2.05) is 16.9 Å². The number of hydrogen-bond donors (Lipinski definition) is 1. The van der Waals surface area contributed by atoms with E-state index in [1.165, 1.54) is 0 Å². The Hall–Kier alpha value is -1.32. The molecule has 1 N–H and O–H groups in total. The first-order valence-corrected chi connectivity index (χ1v) is 4.49. The summed E-state index contributed by atoms with van der Waals surface area (Å²) in [6.07, 6.45) is 6.05. The van der Waals surface area contributed by atoms with Crippen molar-refractivity contribution in [2.45, 2.75) is 25.3 Å². The van der Waals surface area contributed by atoms with Gasteiger partial charge in [-0.1, -0.05) is 0 Å². The van der Waals surface area contributed by atoms with Crippen LogP contribution >= 0.6 is 0 Å². The number of hydrogen-bond acceptors (Lipinski definition) is 2. The minimum absolute atomic E-state index is 0.172. The molecule has 2 rings (SSSR count). The van der Waals surface area contributed by atoms with Crippen LogP contribution in [0.15, 0.2) is 18.5 Å². The Kier molecular flexibility index (Phi) is 2.04. The van der Waals surface area contributed by atoms with Gasteiger partial charge in [0, 0.05) is 12.4 Å². The van der Waals surface area contributed by atoms with Crippen LogP contribution in [0, 0.1) is 5.92 Å². The van der Waals surface area contributed by atoms with Gasteiger partial charge in [-0.15, -0.1) is 0 Å². The number of carboxylic acid groups (broad SMARTS) is 1. The Bertz CT molecular complexity index is 295. The molecular weight excluding hydrogens is 168 g/mol. The summed E-state index contributed by atoms with van der Waals surface area (Å²) in [7, 11) is 0.